The monoisotopic (exact) mass is 366 g/mol. The number of aromatic nitrogens is 1. The minimum Gasteiger partial charge on any atom is -0.346 e. The second kappa shape index (κ2) is 6.72. The van der Waals surface area contributed by atoms with E-state index in [1.807, 2.05) is 4.90 Å². The summed E-state index contributed by atoms with van der Waals surface area (Å²) < 4.78 is 39.3. The van der Waals surface area contributed by atoms with E-state index in [1.54, 1.807) is 0 Å². The number of carbonyl (C=O) groups is 1. The van der Waals surface area contributed by atoms with Crippen LogP contribution in [-0.4, -0.2) is 42.0 Å². The van der Waals surface area contributed by atoms with Gasteiger partial charge in [0.25, 0.3) is 10.9 Å². The van der Waals surface area contributed by atoms with E-state index in [9.17, 15) is 18.0 Å². The summed E-state index contributed by atoms with van der Waals surface area (Å²) in [7, 11) is 0. The molecule has 1 saturated heterocycles. The first-order chi connectivity index (χ1) is 11.9. The number of anilines is 1. The SMILES string of the molecule is [C-]#[N+]c1cnc(N2CCN(C(=O)c3ccccc3C(F)(F)F)CC2)s1. The highest BCUT2D eigenvalue weighted by molar-refractivity contribution is 7.19. The molecular formula is C16H13F3N4OS. The minimum atomic E-state index is -4.56. The van der Waals surface area contributed by atoms with E-state index < -0.39 is 17.6 Å². The number of amides is 1. The van der Waals surface area contributed by atoms with Crippen LogP contribution in [0.5, 0.6) is 0 Å². The molecule has 3 rings (SSSR count). The number of halogens is 3. The van der Waals surface area contributed by atoms with Crippen molar-refractivity contribution in [1.82, 2.24) is 9.88 Å². The molecule has 0 spiro atoms. The molecular weight excluding hydrogens is 353 g/mol. The summed E-state index contributed by atoms with van der Waals surface area (Å²) in [6.07, 6.45) is -3.07. The fourth-order valence-electron chi connectivity index (χ4n) is 2.64. The molecule has 1 aromatic carbocycles. The van der Waals surface area contributed by atoms with Crippen LogP contribution >= 0.6 is 11.3 Å². The highest BCUT2D eigenvalue weighted by Crippen LogP contribution is 2.33. The average Bonchev–Trinajstić information content (AvgIpc) is 3.10. The normalized spacial score (nSPS) is 15.1. The Labute approximate surface area is 146 Å². The quantitative estimate of drug-likeness (QED) is 0.762. The van der Waals surface area contributed by atoms with Gasteiger partial charge in [-0.2, -0.15) is 13.2 Å². The molecule has 0 unspecified atom stereocenters. The molecule has 1 aromatic heterocycles. The number of hydrogen-bond acceptors (Lipinski definition) is 4. The summed E-state index contributed by atoms with van der Waals surface area (Å²) in [6.45, 7) is 8.49. The van der Waals surface area contributed by atoms with E-state index in [0.717, 1.165) is 6.07 Å². The number of benzene rings is 1. The Morgan fingerprint density at radius 2 is 1.88 bits per heavy atom. The molecule has 25 heavy (non-hydrogen) atoms. The van der Waals surface area contributed by atoms with Crippen LogP contribution in [0.1, 0.15) is 15.9 Å². The van der Waals surface area contributed by atoms with Crippen LogP contribution in [0.4, 0.5) is 23.3 Å². The van der Waals surface area contributed by atoms with Crippen LogP contribution in [0.15, 0.2) is 30.5 Å². The minimum absolute atomic E-state index is 0.304. The lowest BCUT2D eigenvalue weighted by Crippen LogP contribution is -2.49. The fourth-order valence-corrected chi connectivity index (χ4v) is 3.40. The molecule has 0 aliphatic carbocycles. The van der Waals surface area contributed by atoms with E-state index in [1.165, 1.54) is 40.6 Å². The van der Waals surface area contributed by atoms with Crippen molar-refractivity contribution in [3.8, 4) is 0 Å². The van der Waals surface area contributed by atoms with Crippen molar-refractivity contribution in [1.29, 1.82) is 0 Å². The van der Waals surface area contributed by atoms with Gasteiger partial charge in [-0.1, -0.05) is 12.1 Å². The second-order valence-corrected chi connectivity index (χ2v) is 6.40. The van der Waals surface area contributed by atoms with Gasteiger partial charge in [0.2, 0.25) is 0 Å². The lowest BCUT2D eigenvalue weighted by atomic mass is 10.1. The third-order valence-corrected chi connectivity index (χ3v) is 4.84. The van der Waals surface area contributed by atoms with Crippen molar-refractivity contribution in [3.63, 3.8) is 0 Å². The molecule has 0 bridgehead atoms. The Bertz CT molecular complexity index is 819. The van der Waals surface area contributed by atoms with Crippen molar-refractivity contribution in [2.24, 2.45) is 0 Å². The lowest BCUT2D eigenvalue weighted by Gasteiger charge is -2.35. The largest absolute Gasteiger partial charge is 0.417 e. The summed E-state index contributed by atoms with van der Waals surface area (Å²) in [4.78, 5) is 23.3. The first-order valence-corrected chi connectivity index (χ1v) is 8.25. The lowest BCUT2D eigenvalue weighted by molar-refractivity contribution is -0.138. The third kappa shape index (κ3) is 3.58. The second-order valence-electron chi connectivity index (χ2n) is 5.42. The van der Waals surface area contributed by atoms with Crippen LogP contribution < -0.4 is 4.90 Å². The molecule has 1 fully saturated rings. The maximum atomic E-state index is 13.1. The highest BCUT2D eigenvalue weighted by Gasteiger charge is 2.36. The molecule has 1 aliphatic heterocycles. The fraction of sp³-hybridized carbons (Fsp3) is 0.312. The zero-order valence-corrected chi connectivity index (χ0v) is 13.8. The first-order valence-electron chi connectivity index (χ1n) is 7.44. The highest BCUT2D eigenvalue weighted by atomic mass is 32.1. The van der Waals surface area contributed by atoms with Crippen molar-refractivity contribution < 1.29 is 18.0 Å². The maximum Gasteiger partial charge on any atom is 0.417 e. The molecule has 0 saturated carbocycles. The third-order valence-electron chi connectivity index (χ3n) is 3.89. The molecule has 0 radical (unpaired) electrons. The van der Waals surface area contributed by atoms with Gasteiger partial charge >= 0.3 is 6.18 Å². The molecule has 5 nitrogen and oxygen atoms in total. The summed E-state index contributed by atoms with van der Waals surface area (Å²) in [5, 5.41) is 1.17. The van der Waals surface area contributed by atoms with Gasteiger partial charge in [0.15, 0.2) is 5.13 Å². The van der Waals surface area contributed by atoms with Gasteiger partial charge < -0.3 is 9.80 Å². The van der Waals surface area contributed by atoms with Crippen LogP contribution in [0, 0.1) is 6.57 Å². The predicted octanol–water partition coefficient (Wildman–Crippen LogP) is 3.68. The number of thiazole rings is 1. The Balaban J connectivity index is 1.71. The van der Waals surface area contributed by atoms with Gasteiger partial charge in [0, 0.05) is 32.4 Å². The van der Waals surface area contributed by atoms with E-state index in [4.69, 9.17) is 6.57 Å². The van der Waals surface area contributed by atoms with Gasteiger partial charge in [-0.15, -0.1) is 11.3 Å². The Morgan fingerprint density at radius 3 is 2.48 bits per heavy atom. The van der Waals surface area contributed by atoms with Gasteiger partial charge in [0.1, 0.15) is 0 Å². The molecule has 1 amide bonds. The average molecular weight is 366 g/mol. The van der Waals surface area contributed by atoms with Crippen LogP contribution in [0.25, 0.3) is 4.85 Å². The van der Waals surface area contributed by atoms with Gasteiger partial charge in [-0.3, -0.25) is 4.79 Å². The Hall–Kier alpha value is -2.60. The number of hydrogen-bond donors (Lipinski definition) is 0. The summed E-state index contributed by atoms with van der Waals surface area (Å²) >= 11 is 1.26. The van der Waals surface area contributed by atoms with Crippen molar-refractivity contribution >= 4 is 27.4 Å². The molecule has 9 heteroatoms. The molecule has 2 aromatic rings. The zero-order valence-electron chi connectivity index (χ0n) is 13.0. The number of nitrogens with zero attached hydrogens (tertiary/aromatic N) is 4. The van der Waals surface area contributed by atoms with Crippen molar-refractivity contribution in [2.75, 3.05) is 31.1 Å². The number of carbonyl (C=O) groups excluding carboxylic acids is 1. The molecule has 0 N–H and O–H groups in total. The van der Waals surface area contributed by atoms with Gasteiger partial charge in [-0.05, 0) is 12.1 Å². The van der Waals surface area contributed by atoms with Crippen molar-refractivity contribution in [2.45, 2.75) is 6.18 Å². The van der Waals surface area contributed by atoms with E-state index >= 15 is 0 Å². The molecule has 2 heterocycles. The summed E-state index contributed by atoms with van der Waals surface area (Å²) in [5.41, 5.74) is -1.24. The summed E-state index contributed by atoms with van der Waals surface area (Å²) in [6, 6.07) is 4.83. The first kappa shape index (κ1) is 17.2. The zero-order chi connectivity index (χ0) is 18.0. The Morgan fingerprint density at radius 1 is 1.20 bits per heavy atom. The van der Waals surface area contributed by atoms with E-state index in [0.29, 0.717) is 36.3 Å². The van der Waals surface area contributed by atoms with Gasteiger partial charge in [-0.25, -0.2) is 9.83 Å². The standard InChI is InChI=1S/C16H13F3N4OS/c1-20-13-10-21-15(25-13)23-8-6-22(7-9-23)14(24)11-4-2-3-5-12(11)16(17,18)19/h2-5,10H,6-9H2. The Kier molecular flexibility index (Phi) is 4.63. The van der Waals surface area contributed by atoms with Gasteiger partial charge in [0.05, 0.1) is 17.7 Å². The van der Waals surface area contributed by atoms with Crippen LogP contribution in [0.3, 0.4) is 0 Å². The number of rotatable bonds is 2. The van der Waals surface area contributed by atoms with Crippen molar-refractivity contribution in [3.05, 3.63) is 53.0 Å². The number of piperazine rings is 1. The van der Waals surface area contributed by atoms with Crippen LogP contribution in [0.2, 0.25) is 0 Å². The maximum absolute atomic E-state index is 13.1. The van der Waals surface area contributed by atoms with E-state index in [2.05, 4.69) is 9.83 Å². The smallest absolute Gasteiger partial charge is 0.346 e. The molecule has 1 aliphatic rings. The number of alkyl halides is 3. The summed E-state index contributed by atoms with van der Waals surface area (Å²) in [5.74, 6) is -0.617. The molecule has 0 atom stereocenters. The van der Waals surface area contributed by atoms with Crippen LogP contribution in [-0.2, 0) is 6.18 Å². The van der Waals surface area contributed by atoms with E-state index in [-0.39, 0.29) is 5.56 Å². The molecule has 130 valence electrons. The predicted molar refractivity (Wildman–Crippen MR) is 87.9 cm³/mol. The topological polar surface area (TPSA) is 40.8 Å².